The van der Waals surface area contributed by atoms with Gasteiger partial charge in [-0.3, -0.25) is 0 Å². The normalized spacial score (nSPS) is 20.9. The van der Waals surface area contributed by atoms with Gasteiger partial charge in [0.1, 0.15) is 11.3 Å². The van der Waals surface area contributed by atoms with Crippen molar-refractivity contribution in [2.24, 2.45) is 0 Å². The molecule has 2 N–H and O–H groups in total. The molecule has 0 saturated heterocycles. The lowest BCUT2D eigenvalue weighted by molar-refractivity contribution is -0.139. The van der Waals surface area contributed by atoms with E-state index < -0.39 is 43.4 Å². The number of amides is 1. The molecule has 2 aromatic carbocycles. The lowest BCUT2D eigenvalue weighted by Gasteiger charge is -2.17. The Bertz CT molecular complexity index is 1160. The standard InChI is InChI=1S/C18H17F3O3S.C5H6N2O2/c19-18(20,21)16-8-4-5-9-17(16)25(22,23)15-11-10-14(12-15)24-13-6-2-1-3-7-13;6-3-5(1-2-5)7-4(8)9/h1-9,14-15H,10-12H2;7H,1-2H2,(H,8,9)/t14-,15-;/m1./s1. The molecule has 2 saturated carbocycles. The summed E-state index contributed by atoms with van der Waals surface area (Å²) in [6.45, 7) is 0. The molecule has 34 heavy (non-hydrogen) atoms. The van der Waals surface area contributed by atoms with E-state index >= 15 is 0 Å². The van der Waals surface area contributed by atoms with Crippen LogP contribution in [0.3, 0.4) is 0 Å². The van der Waals surface area contributed by atoms with Crippen molar-refractivity contribution in [3.05, 3.63) is 60.2 Å². The van der Waals surface area contributed by atoms with E-state index in [0.29, 0.717) is 25.0 Å². The number of nitriles is 1. The summed E-state index contributed by atoms with van der Waals surface area (Å²) in [5, 5.41) is 17.8. The first-order chi connectivity index (χ1) is 16.0. The van der Waals surface area contributed by atoms with Crippen molar-refractivity contribution >= 4 is 15.9 Å². The maximum absolute atomic E-state index is 13.1. The number of hydrogen-bond acceptors (Lipinski definition) is 5. The van der Waals surface area contributed by atoms with E-state index in [1.165, 1.54) is 12.1 Å². The predicted molar refractivity (Wildman–Crippen MR) is 116 cm³/mol. The van der Waals surface area contributed by atoms with E-state index in [2.05, 4.69) is 5.32 Å². The number of rotatable bonds is 5. The Kier molecular flexibility index (Phi) is 7.41. The molecule has 0 unspecified atom stereocenters. The lowest BCUT2D eigenvalue weighted by Crippen LogP contribution is -2.33. The second-order valence-corrected chi connectivity index (χ2v) is 10.3. The maximum atomic E-state index is 13.1. The second kappa shape index (κ2) is 9.93. The van der Waals surface area contributed by atoms with Crippen molar-refractivity contribution in [1.82, 2.24) is 5.32 Å². The fraction of sp³-hybridized carbons (Fsp3) is 0.391. The van der Waals surface area contributed by atoms with Gasteiger partial charge in [-0.1, -0.05) is 30.3 Å². The van der Waals surface area contributed by atoms with Crippen LogP contribution in [-0.4, -0.2) is 36.5 Å². The zero-order valence-electron chi connectivity index (χ0n) is 18.0. The second-order valence-electron chi connectivity index (χ2n) is 8.15. The molecular formula is C23H23F3N2O5S. The van der Waals surface area contributed by atoms with Crippen LogP contribution in [0.4, 0.5) is 18.0 Å². The Balaban J connectivity index is 0.000000302. The topological polar surface area (TPSA) is 116 Å². The van der Waals surface area contributed by atoms with Crippen LogP contribution in [0.15, 0.2) is 59.5 Å². The molecule has 2 atom stereocenters. The van der Waals surface area contributed by atoms with E-state index in [1.807, 2.05) is 12.1 Å². The van der Waals surface area contributed by atoms with Crippen molar-refractivity contribution in [2.45, 2.75) is 60.1 Å². The van der Waals surface area contributed by atoms with E-state index in [4.69, 9.17) is 15.1 Å². The van der Waals surface area contributed by atoms with Crippen molar-refractivity contribution < 1.29 is 36.2 Å². The monoisotopic (exact) mass is 496 g/mol. The summed E-state index contributed by atoms with van der Waals surface area (Å²) in [4.78, 5) is 9.31. The van der Waals surface area contributed by atoms with Gasteiger partial charge >= 0.3 is 12.3 Å². The molecule has 11 heteroatoms. The molecule has 182 valence electrons. The van der Waals surface area contributed by atoms with Crippen LogP contribution in [0.5, 0.6) is 5.75 Å². The molecule has 2 fully saturated rings. The number of benzene rings is 2. The number of halogens is 3. The van der Waals surface area contributed by atoms with Gasteiger partial charge in [0.2, 0.25) is 0 Å². The molecule has 0 aromatic heterocycles. The van der Waals surface area contributed by atoms with Crippen LogP contribution >= 0.6 is 0 Å². The number of carbonyl (C=O) groups is 1. The van der Waals surface area contributed by atoms with Gasteiger partial charge in [0.15, 0.2) is 9.84 Å². The Morgan fingerprint density at radius 1 is 1.09 bits per heavy atom. The first-order valence-electron chi connectivity index (χ1n) is 10.5. The highest BCUT2D eigenvalue weighted by Crippen LogP contribution is 2.39. The molecule has 0 aliphatic heterocycles. The number of carboxylic acid groups (broad SMARTS) is 1. The first-order valence-corrected chi connectivity index (χ1v) is 12.1. The third kappa shape index (κ3) is 6.20. The zero-order chi connectivity index (χ0) is 25.0. The van der Waals surface area contributed by atoms with Crippen LogP contribution in [0.2, 0.25) is 0 Å². The fourth-order valence-electron chi connectivity index (χ4n) is 3.70. The molecule has 0 radical (unpaired) electrons. The Labute approximate surface area is 195 Å². The number of nitrogens with one attached hydrogen (secondary N) is 1. The van der Waals surface area contributed by atoms with E-state index in [9.17, 15) is 26.4 Å². The molecule has 7 nitrogen and oxygen atoms in total. The number of para-hydroxylation sites is 1. The highest BCUT2D eigenvalue weighted by atomic mass is 32.2. The van der Waals surface area contributed by atoms with Crippen LogP contribution in [0.1, 0.15) is 37.7 Å². The van der Waals surface area contributed by atoms with Gasteiger partial charge in [0.25, 0.3) is 0 Å². The summed E-state index contributed by atoms with van der Waals surface area (Å²) in [7, 11) is -4.08. The van der Waals surface area contributed by atoms with Gasteiger partial charge in [-0.15, -0.1) is 0 Å². The highest BCUT2D eigenvalue weighted by molar-refractivity contribution is 7.92. The van der Waals surface area contributed by atoms with Gasteiger partial charge in [-0.05, 0) is 49.9 Å². The van der Waals surface area contributed by atoms with Crippen LogP contribution in [0.25, 0.3) is 0 Å². The molecule has 0 spiro atoms. The summed E-state index contributed by atoms with van der Waals surface area (Å²) in [5.41, 5.74) is -1.84. The van der Waals surface area contributed by atoms with E-state index in [0.717, 1.165) is 12.1 Å². The molecule has 2 aromatic rings. The summed E-state index contributed by atoms with van der Waals surface area (Å²) in [6.07, 6.45) is -3.88. The number of sulfone groups is 1. The molecule has 2 aliphatic carbocycles. The largest absolute Gasteiger partial charge is 0.490 e. The van der Waals surface area contributed by atoms with E-state index in [1.54, 1.807) is 24.3 Å². The fourth-order valence-corrected chi connectivity index (χ4v) is 5.74. The van der Waals surface area contributed by atoms with Gasteiger partial charge in [0.05, 0.1) is 27.9 Å². The summed E-state index contributed by atoms with van der Waals surface area (Å²) in [6, 6.07) is 15.2. The van der Waals surface area contributed by atoms with Gasteiger partial charge in [0, 0.05) is 6.42 Å². The number of alkyl halides is 3. The van der Waals surface area contributed by atoms with Crippen molar-refractivity contribution in [3.8, 4) is 11.8 Å². The summed E-state index contributed by atoms with van der Waals surface area (Å²) < 4.78 is 70.7. The maximum Gasteiger partial charge on any atom is 0.417 e. The van der Waals surface area contributed by atoms with Gasteiger partial charge in [-0.2, -0.15) is 18.4 Å². The predicted octanol–water partition coefficient (Wildman–Crippen LogP) is 4.79. The van der Waals surface area contributed by atoms with Crippen LogP contribution in [0, 0.1) is 11.3 Å². The lowest BCUT2D eigenvalue weighted by atomic mass is 10.2. The van der Waals surface area contributed by atoms with Gasteiger partial charge in [-0.25, -0.2) is 13.2 Å². The van der Waals surface area contributed by atoms with Crippen LogP contribution < -0.4 is 10.1 Å². The third-order valence-corrected chi connectivity index (χ3v) is 7.91. The molecule has 4 rings (SSSR count). The van der Waals surface area contributed by atoms with Crippen molar-refractivity contribution in [1.29, 1.82) is 5.26 Å². The molecule has 0 bridgehead atoms. The Morgan fingerprint density at radius 3 is 2.24 bits per heavy atom. The number of ether oxygens (including phenoxy) is 1. The average molecular weight is 497 g/mol. The average Bonchev–Trinajstić information content (AvgIpc) is 3.39. The highest BCUT2D eigenvalue weighted by Gasteiger charge is 2.45. The van der Waals surface area contributed by atoms with Crippen molar-refractivity contribution in [3.63, 3.8) is 0 Å². The Hall–Kier alpha value is -3.26. The molecule has 1 amide bonds. The summed E-state index contributed by atoms with van der Waals surface area (Å²) >= 11 is 0. The first kappa shape index (κ1) is 25.4. The SMILES string of the molecule is N#CC1(NC(=O)O)CC1.O=S(=O)(c1ccccc1C(F)(F)F)[C@@H]1CC[C@@H](Oc2ccccc2)C1. The minimum absolute atomic E-state index is 0.184. The smallest absolute Gasteiger partial charge is 0.417 e. The quantitative estimate of drug-likeness (QED) is 0.615. The van der Waals surface area contributed by atoms with E-state index in [-0.39, 0.29) is 18.9 Å². The molecule has 0 heterocycles. The minimum atomic E-state index is -4.71. The molecular weight excluding hydrogens is 473 g/mol. The van der Waals surface area contributed by atoms with Gasteiger partial charge < -0.3 is 15.2 Å². The third-order valence-electron chi connectivity index (χ3n) is 5.63. The molecule has 2 aliphatic rings. The minimum Gasteiger partial charge on any atom is -0.490 e. The van der Waals surface area contributed by atoms with Crippen molar-refractivity contribution in [2.75, 3.05) is 0 Å². The zero-order valence-corrected chi connectivity index (χ0v) is 18.8. The van der Waals surface area contributed by atoms with Crippen LogP contribution in [-0.2, 0) is 16.0 Å². The number of nitrogens with zero attached hydrogens (tertiary/aromatic N) is 1. The number of hydrogen-bond donors (Lipinski definition) is 2. The summed E-state index contributed by atoms with van der Waals surface area (Å²) in [5.74, 6) is 0.626. The Morgan fingerprint density at radius 2 is 1.71 bits per heavy atom.